The van der Waals surface area contributed by atoms with Crippen LogP contribution in [0.2, 0.25) is 0 Å². The number of aryl methyl sites for hydroxylation is 1. The maximum Gasteiger partial charge on any atom is 0.276 e. The predicted molar refractivity (Wildman–Crippen MR) is 103 cm³/mol. The molecule has 0 fully saturated rings. The summed E-state index contributed by atoms with van der Waals surface area (Å²) >= 11 is 0. The Labute approximate surface area is 154 Å². The van der Waals surface area contributed by atoms with E-state index in [9.17, 15) is 9.59 Å². The van der Waals surface area contributed by atoms with Gasteiger partial charge in [0.25, 0.3) is 11.5 Å². The molecule has 0 radical (unpaired) electrons. The normalized spacial score (nSPS) is 10.7. The predicted octanol–water partition coefficient (Wildman–Crippen LogP) is 2.94. The Morgan fingerprint density at radius 1 is 1.04 bits per heavy atom. The van der Waals surface area contributed by atoms with Gasteiger partial charge in [0, 0.05) is 22.8 Å². The Kier molecular flexibility index (Phi) is 4.18. The second kappa shape index (κ2) is 6.80. The number of aromatic nitrogens is 4. The van der Waals surface area contributed by atoms with Gasteiger partial charge in [-0.2, -0.15) is 5.10 Å². The standard InChI is InChI=1S/C20H15N5O2/c1-12-21-10-9-17(22-12)13-5-4-6-14(11-13)23-20(27)18-15-7-2-3-8-16(15)19(26)25-24-18/h2-11H,1H3,(H,23,27)(H,25,26). The van der Waals surface area contributed by atoms with Crippen LogP contribution in [0.4, 0.5) is 5.69 Å². The van der Waals surface area contributed by atoms with E-state index in [-0.39, 0.29) is 11.3 Å². The maximum absolute atomic E-state index is 12.7. The number of hydrogen-bond donors (Lipinski definition) is 2. The maximum atomic E-state index is 12.7. The van der Waals surface area contributed by atoms with Crippen LogP contribution in [0, 0.1) is 6.92 Å². The van der Waals surface area contributed by atoms with E-state index in [4.69, 9.17) is 0 Å². The van der Waals surface area contributed by atoms with Crippen LogP contribution in [0.1, 0.15) is 16.3 Å². The molecular formula is C20H15N5O2. The summed E-state index contributed by atoms with van der Waals surface area (Å²) in [7, 11) is 0. The molecule has 4 rings (SSSR count). The molecule has 7 nitrogen and oxygen atoms in total. The molecule has 0 aliphatic rings. The summed E-state index contributed by atoms with van der Waals surface area (Å²) in [6, 6.07) is 16.0. The fourth-order valence-corrected chi connectivity index (χ4v) is 2.85. The minimum absolute atomic E-state index is 0.161. The van der Waals surface area contributed by atoms with E-state index in [1.807, 2.05) is 31.2 Å². The summed E-state index contributed by atoms with van der Waals surface area (Å²) in [5, 5.41) is 10.0. The number of rotatable bonds is 3. The van der Waals surface area contributed by atoms with E-state index < -0.39 is 5.91 Å². The van der Waals surface area contributed by atoms with Gasteiger partial charge in [-0.15, -0.1) is 0 Å². The van der Waals surface area contributed by atoms with Gasteiger partial charge < -0.3 is 5.32 Å². The first-order valence-electron chi connectivity index (χ1n) is 8.31. The number of nitrogens with one attached hydrogen (secondary N) is 2. The second-order valence-electron chi connectivity index (χ2n) is 5.97. The summed E-state index contributed by atoms with van der Waals surface area (Å²) in [5.74, 6) is 0.268. The third kappa shape index (κ3) is 3.30. The number of benzene rings is 2. The Morgan fingerprint density at radius 2 is 1.85 bits per heavy atom. The summed E-state index contributed by atoms with van der Waals surface area (Å²) < 4.78 is 0. The van der Waals surface area contributed by atoms with Crippen LogP contribution in [0.5, 0.6) is 0 Å². The van der Waals surface area contributed by atoms with Crippen molar-refractivity contribution in [2.45, 2.75) is 6.92 Å². The Morgan fingerprint density at radius 3 is 2.67 bits per heavy atom. The summed E-state index contributed by atoms with van der Waals surface area (Å²) in [6.45, 7) is 1.82. The third-order valence-corrected chi connectivity index (χ3v) is 4.10. The molecule has 0 spiro atoms. The first kappa shape index (κ1) is 16.6. The molecule has 0 aliphatic heterocycles. The lowest BCUT2D eigenvalue weighted by Gasteiger charge is -2.08. The van der Waals surface area contributed by atoms with Gasteiger partial charge in [-0.05, 0) is 31.2 Å². The number of amides is 1. The van der Waals surface area contributed by atoms with Crippen molar-refractivity contribution in [1.82, 2.24) is 20.2 Å². The fraction of sp³-hybridized carbons (Fsp3) is 0.0500. The molecule has 27 heavy (non-hydrogen) atoms. The average molecular weight is 357 g/mol. The van der Waals surface area contributed by atoms with Crippen LogP contribution in [0.3, 0.4) is 0 Å². The van der Waals surface area contributed by atoms with Crippen molar-refractivity contribution in [2.75, 3.05) is 5.32 Å². The van der Waals surface area contributed by atoms with E-state index in [1.165, 1.54) is 0 Å². The van der Waals surface area contributed by atoms with Crippen molar-refractivity contribution < 1.29 is 4.79 Å². The van der Waals surface area contributed by atoms with Crippen molar-refractivity contribution in [2.24, 2.45) is 0 Å². The minimum atomic E-state index is -0.404. The molecular weight excluding hydrogens is 342 g/mol. The quantitative estimate of drug-likeness (QED) is 0.587. The first-order chi connectivity index (χ1) is 13.1. The molecule has 0 bridgehead atoms. The highest BCUT2D eigenvalue weighted by Crippen LogP contribution is 2.21. The van der Waals surface area contributed by atoms with Crippen molar-refractivity contribution in [3.05, 3.63) is 82.7 Å². The van der Waals surface area contributed by atoms with Crippen LogP contribution in [-0.4, -0.2) is 26.1 Å². The van der Waals surface area contributed by atoms with E-state index >= 15 is 0 Å². The topological polar surface area (TPSA) is 101 Å². The van der Waals surface area contributed by atoms with E-state index in [1.54, 1.807) is 36.5 Å². The highest BCUT2D eigenvalue weighted by Gasteiger charge is 2.14. The van der Waals surface area contributed by atoms with E-state index in [0.717, 1.165) is 11.3 Å². The van der Waals surface area contributed by atoms with Crippen LogP contribution in [0.15, 0.2) is 65.6 Å². The van der Waals surface area contributed by atoms with E-state index in [0.29, 0.717) is 22.3 Å². The number of carbonyl (C=O) groups excluding carboxylic acids is 1. The van der Waals surface area contributed by atoms with Crippen molar-refractivity contribution in [3.63, 3.8) is 0 Å². The molecule has 1 amide bonds. The second-order valence-corrected chi connectivity index (χ2v) is 5.97. The van der Waals surface area contributed by atoms with Crippen LogP contribution >= 0.6 is 0 Å². The Balaban J connectivity index is 1.67. The zero-order valence-corrected chi connectivity index (χ0v) is 14.4. The first-order valence-corrected chi connectivity index (χ1v) is 8.31. The highest BCUT2D eigenvalue weighted by atomic mass is 16.2. The van der Waals surface area contributed by atoms with Gasteiger partial charge in [0.05, 0.1) is 11.1 Å². The van der Waals surface area contributed by atoms with Crippen molar-refractivity contribution in [1.29, 1.82) is 0 Å². The number of aromatic amines is 1. The molecule has 2 aromatic heterocycles. The van der Waals surface area contributed by atoms with Gasteiger partial charge in [0.15, 0.2) is 5.69 Å². The number of nitrogens with zero attached hydrogens (tertiary/aromatic N) is 3. The van der Waals surface area contributed by atoms with Crippen molar-refractivity contribution >= 4 is 22.4 Å². The van der Waals surface area contributed by atoms with Gasteiger partial charge >= 0.3 is 0 Å². The molecule has 0 aliphatic carbocycles. The number of anilines is 1. The Hall–Kier alpha value is -3.87. The van der Waals surface area contributed by atoms with Gasteiger partial charge in [-0.3, -0.25) is 9.59 Å². The molecule has 4 aromatic rings. The fourth-order valence-electron chi connectivity index (χ4n) is 2.85. The molecule has 2 N–H and O–H groups in total. The molecule has 0 saturated heterocycles. The SMILES string of the molecule is Cc1nccc(-c2cccc(NC(=O)c3n[nH]c(=O)c4ccccc34)c2)n1. The number of fused-ring (bicyclic) bond motifs is 1. The molecule has 0 saturated carbocycles. The van der Waals surface area contributed by atoms with Crippen molar-refractivity contribution in [3.8, 4) is 11.3 Å². The molecule has 0 unspecified atom stereocenters. The third-order valence-electron chi connectivity index (χ3n) is 4.10. The van der Waals surface area contributed by atoms with Gasteiger partial charge in [-0.25, -0.2) is 15.1 Å². The number of carbonyl (C=O) groups is 1. The summed E-state index contributed by atoms with van der Waals surface area (Å²) in [4.78, 5) is 33.1. The minimum Gasteiger partial charge on any atom is -0.321 e. The smallest absolute Gasteiger partial charge is 0.276 e. The largest absolute Gasteiger partial charge is 0.321 e. The summed E-state index contributed by atoms with van der Waals surface area (Å²) in [6.07, 6.45) is 1.69. The molecule has 2 heterocycles. The van der Waals surface area contributed by atoms with Crippen LogP contribution < -0.4 is 10.9 Å². The lowest BCUT2D eigenvalue weighted by Crippen LogP contribution is -2.19. The molecule has 2 aromatic carbocycles. The molecule has 132 valence electrons. The van der Waals surface area contributed by atoms with Gasteiger partial charge in [-0.1, -0.05) is 30.3 Å². The van der Waals surface area contributed by atoms with Gasteiger partial charge in [0.2, 0.25) is 0 Å². The molecule has 7 heteroatoms. The van der Waals surface area contributed by atoms with Crippen LogP contribution in [0.25, 0.3) is 22.0 Å². The zero-order chi connectivity index (χ0) is 18.8. The lowest BCUT2D eigenvalue weighted by molar-refractivity contribution is 0.102. The van der Waals surface area contributed by atoms with Crippen LogP contribution in [-0.2, 0) is 0 Å². The number of hydrogen-bond acceptors (Lipinski definition) is 5. The van der Waals surface area contributed by atoms with Gasteiger partial charge in [0.1, 0.15) is 5.82 Å². The molecule has 0 atom stereocenters. The number of H-pyrrole nitrogens is 1. The Bertz CT molecular complexity index is 1220. The lowest BCUT2D eigenvalue weighted by atomic mass is 10.1. The van der Waals surface area contributed by atoms with E-state index in [2.05, 4.69) is 25.5 Å². The average Bonchev–Trinajstić information content (AvgIpc) is 2.68. The zero-order valence-electron chi connectivity index (χ0n) is 14.4. The monoisotopic (exact) mass is 357 g/mol. The summed E-state index contributed by atoms with van der Waals surface area (Å²) in [5.41, 5.74) is 2.06. The highest BCUT2D eigenvalue weighted by molar-refractivity contribution is 6.11.